The van der Waals surface area contributed by atoms with Crippen LogP contribution in [0.2, 0.25) is 0 Å². The molecule has 0 aromatic heterocycles. The molecule has 1 N–H and O–H groups in total. The van der Waals surface area contributed by atoms with Gasteiger partial charge in [-0.1, -0.05) is 36.4 Å². The van der Waals surface area contributed by atoms with Crippen LogP contribution in [0.15, 0.2) is 78.9 Å². The summed E-state index contributed by atoms with van der Waals surface area (Å²) in [6.45, 7) is 6.33. The van der Waals surface area contributed by atoms with E-state index in [4.69, 9.17) is 4.74 Å². The van der Waals surface area contributed by atoms with Crippen molar-refractivity contribution in [3.05, 3.63) is 90.2 Å². The zero-order valence-corrected chi connectivity index (χ0v) is 19.1. The lowest BCUT2D eigenvalue weighted by molar-refractivity contribution is -0.139. The van der Waals surface area contributed by atoms with Gasteiger partial charge in [-0.25, -0.2) is 4.39 Å². The molecule has 1 fully saturated rings. The number of piperazine rings is 1. The predicted molar refractivity (Wildman–Crippen MR) is 129 cm³/mol. The Morgan fingerprint density at radius 1 is 0.939 bits per heavy atom. The molecule has 4 rings (SSSR count). The molecule has 1 amide bonds. The van der Waals surface area contributed by atoms with Crippen LogP contribution in [-0.4, -0.2) is 47.5 Å². The maximum atomic E-state index is 13.2. The van der Waals surface area contributed by atoms with E-state index >= 15 is 0 Å². The second-order valence-electron chi connectivity index (χ2n) is 8.61. The molecule has 3 aromatic rings. The second-order valence-corrected chi connectivity index (χ2v) is 8.61. The lowest BCUT2D eigenvalue weighted by atomic mass is 10.1. The van der Waals surface area contributed by atoms with Crippen LogP contribution in [0.5, 0.6) is 5.75 Å². The molecule has 0 radical (unpaired) electrons. The standard InChI is InChI=1S/C27H30FN3O2/c1-20-17-31(21(2)16-30(20)18-22-11-13-23(28)14-12-22)27(32)19-33-26-10-6-9-25(15-26)29-24-7-4-3-5-8-24/h3-15,20-21,29H,16-19H2,1-2H3/t20-,21+/m0/s1. The summed E-state index contributed by atoms with van der Waals surface area (Å²) >= 11 is 0. The third-order valence-electron chi connectivity index (χ3n) is 5.99. The molecule has 1 saturated heterocycles. The van der Waals surface area contributed by atoms with Crippen LogP contribution in [0.4, 0.5) is 15.8 Å². The number of benzene rings is 3. The molecule has 0 saturated carbocycles. The van der Waals surface area contributed by atoms with Crippen LogP contribution in [0.3, 0.4) is 0 Å². The monoisotopic (exact) mass is 447 g/mol. The van der Waals surface area contributed by atoms with Crippen LogP contribution in [0, 0.1) is 5.82 Å². The average molecular weight is 448 g/mol. The summed E-state index contributed by atoms with van der Waals surface area (Å²) in [6, 6.07) is 24.4. The molecular weight excluding hydrogens is 417 g/mol. The van der Waals surface area contributed by atoms with Gasteiger partial charge in [0.1, 0.15) is 11.6 Å². The number of amides is 1. The molecule has 33 heavy (non-hydrogen) atoms. The van der Waals surface area contributed by atoms with Gasteiger partial charge in [-0.05, 0) is 55.8 Å². The van der Waals surface area contributed by atoms with Gasteiger partial charge in [0.2, 0.25) is 0 Å². The topological polar surface area (TPSA) is 44.8 Å². The molecule has 1 aliphatic heterocycles. The Morgan fingerprint density at radius 2 is 1.67 bits per heavy atom. The zero-order chi connectivity index (χ0) is 23.2. The molecule has 1 heterocycles. The Balaban J connectivity index is 1.31. The van der Waals surface area contributed by atoms with Gasteiger partial charge < -0.3 is 15.0 Å². The Hall–Kier alpha value is -3.38. The summed E-state index contributed by atoms with van der Waals surface area (Å²) in [7, 11) is 0. The Labute approximate surface area is 194 Å². The second kappa shape index (κ2) is 10.5. The number of para-hydroxylation sites is 1. The van der Waals surface area contributed by atoms with Gasteiger partial charge in [0.05, 0.1) is 0 Å². The van der Waals surface area contributed by atoms with Crippen molar-refractivity contribution in [2.45, 2.75) is 32.5 Å². The molecule has 1 aliphatic rings. The summed E-state index contributed by atoms with van der Waals surface area (Å²) in [6.07, 6.45) is 0. The molecule has 5 nitrogen and oxygen atoms in total. The van der Waals surface area contributed by atoms with Crippen LogP contribution in [0.25, 0.3) is 0 Å². The van der Waals surface area contributed by atoms with Gasteiger partial charge in [-0.3, -0.25) is 9.69 Å². The van der Waals surface area contributed by atoms with E-state index in [0.717, 1.165) is 30.0 Å². The molecule has 0 bridgehead atoms. The minimum absolute atomic E-state index is 0.00378. The van der Waals surface area contributed by atoms with Crippen molar-refractivity contribution in [2.75, 3.05) is 25.0 Å². The lowest BCUT2D eigenvalue weighted by Gasteiger charge is -2.44. The largest absolute Gasteiger partial charge is 0.484 e. The van der Waals surface area contributed by atoms with Crippen LogP contribution < -0.4 is 10.1 Å². The van der Waals surface area contributed by atoms with Crippen LogP contribution in [-0.2, 0) is 11.3 Å². The minimum Gasteiger partial charge on any atom is -0.484 e. The number of carbonyl (C=O) groups excluding carboxylic acids is 1. The highest BCUT2D eigenvalue weighted by Crippen LogP contribution is 2.22. The fourth-order valence-corrected chi connectivity index (χ4v) is 4.17. The van der Waals surface area contributed by atoms with Crippen molar-refractivity contribution in [1.29, 1.82) is 0 Å². The van der Waals surface area contributed by atoms with Crippen molar-refractivity contribution in [3.8, 4) is 5.75 Å². The average Bonchev–Trinajstić information content (AvgIpc) is 2.82. The molecule has 0 aliphatic carbocycles. The maximum absolute atomic E-state index is 13.2. The molecule has 3 aromatic carbocycles. The summed E-state index contributed by atoms with van der Waals surface area (Å²) in [5.74, 6) is 0.411. The fraction of sp³-hybridized carbons (Fsp3) is 0.296. The molecule has 6 heteroatoms. The molecule has 2 atom stereocenters. The van der Waals surface area contributed by atoms with E-state index in [9.17, 15) is 9.18 Å². The van der Waals surface area contributed by atoms with E-state index < -0.39 is 0 Å². The Bertz CT molecular complexity index is 1060. The SMILES string of the molecule is C[C@@H]1CN(Cc2ccc(F)cc2)[C@@H](C)CN1C(=O)COc1cccc(Nc2ccccc2)c1. The van der Waals surface area contributed by atoms with Gasteiger partial charge in [-0.2, -0.15) is 0 Å². The highest BCUT2D eigenvalue weighted by atomic mass is 19.1. The number of hydrogen-bond donors (Lipinski definition) is 1. The number of halogens is 1. The number of anilines is 2. The van der Waals surface area contributed by atoms with Crippen molar-refractivity contribution >= 4 is 17.3 Å². The Kier molecular flexibility index (Phi) is 7.25. The summed E-state index contributed by atoms with van der Waals surface area (Å²) in [4.78, 5) is 17.2. The van der Waals surface area contributed by atoms with E-state index in [1.807, 2.05) is 71.6 Å². The third-order valence-corrected chi connectivity index (χ3v) is 5.99. The van der Waals surface area contributed by atoms with Gasteiger partial charge in [0.25, 0.3) is 5.91 Å². The summed E-state index contributed by atoms with van der Waals surface area (Å²) in [5, 5.41) is 3.33. The first kappa shape index (κ1) is 22.8. The molecular formula is C27H30FN3O2. The first-order valence-electron chi connectivity index (χ1n) is 11.3. The smallest absolute Gasteiger partial charge is 0.260 e. The molecule has 172 valence electrons. The lowest BCUT2D eigenvalue weighted by Crippen LogP contribution is -2.58. The van der Waals surface area contributed by atoms with Crippen molar-refractivity contribution in [2.24, 2.45) is 0 Å². The van der Waals surface area contributed by atoms with Crippen LogP contribution >= 0.6 is 0 Å². The zero-order valence-electron chi connectivity index (χ0n) is 19.1. The van der Waals surface area contributed by atoms with E-state index in [0.29, 0.717) is 12.3 Å². The quantitative estimate of drug-likeness (QED) is 0.549. The van der Waals surface area contributed by atoms with Crippen molar-refractivity contribution in [3.63, 3.8) is 0 Å². The van der Waals surface area contributed by atoms with Gasteiger partial charge >= 0.3 is 0 Å². The molecule has 0 spiro atoms. The van der Waals surface area contributed by atoms with Crippen molar-refractivity contribution in [1.82, 2.24) is 9.80 Å². The fourth-order valence-electron chi connectivity index (χ4n) is 4.17. The first-order chi connectivity index (χ1) is 16.0. The Morgan fingerprint density at radius 3 is 2.42 bits per heavy atom. The van der Waals surface area contributed by atoms with E-state index in [2.05, 4.69) is 24.1 Å². The maximum Gasteiger partial charge on any atom is 0.260 e. The number of hydrogen-bond acceptors (Lipinski definition) is 4. The van der Waals surface area contributed by atoms with Gasteiger partial charge in [-0.15, -0.1) is 0 Å². The van der Waals surface area contributed by atoms with E-state index in [1.54, 1.807) is 0 Å². The predicted octanol–water partition coefficient (Wildman–Crippen LogP) is 5.07. The first-order valence-corrected chi connectivity index (χ1v) is 11.3. The minimum atomic E-state index is -0.225. The number of carbonyl (C=O) groups is 1. The number of ether oxygens (including phenoxy) is 1. The van der Waals surface area contributed by atoms with E-state index in [-0.39, 0.29) is 30.4 Å². The van der Waals surface area contributed by atoms with Gasteiger partial charge in [0, 0.05) is 49.2 Å². The van der Waals surface area contributed by atoms with E-state index in [1.165, 1.54) is 12.1 Å². The summed E-state index contributed by atoms with van der Waals surface area (Å²) < 4.78 is 19.0. The summed E-state index contributed by atoms with van der Waals surface area (Å²) in [5.41, 5.74) is 2.97. The normalized spacial score (nSPS) is 18.7. The number of rotatable bonds is 7. The number of nitrogens with one attached hydrogen (secondary N) is 1. The van der Waals surface area contributed by atoms with Crippen molar-refractivity contribution < 1.29 is 13.9 Å². The van der Waals surface area contributed by atoms with Gasteiger partial charge in [0.15, 0.2) is 6.61 Å². The number of nitrogens with zero attached hydrogens (tertiary/aromatic N) is 2. The third kappa shape index (κ3) is 6.11. The highest BCUT2D eigenvalue weighted by molar-refractivity contribution is 5.78. The molecule has 0 unspecified atom stereocenters. The highest BCUT2D eigenvalue weighted by Gasteiger charge is 2.32. The van der Waals surface area contributed by atoms with Crippen LogP contribution in [0.1, 0.15) is 19.4 Å².